The lowest BCUT2D eigenvalue weighted by Gasteiger charge is -2.46. The molecule has 0 radical (unpaired) electrons. The lowest BCUT2D eigenvalue weighted by atomic mass is 9.72. The first-order valence-corrected chi connectivity index (χ1v) is 9.54. The van der Waals surface area contributed by atoms with Crippen molar-refractivity contribution in [3.05, 3.63) is 65.7 Å². The second-order valence-corrected chi connectivity index (χ2v) is 7.48. The number of hydrazine groups is 1. The molecule has 3 nitrogen and oxygen atoms in total. The average molecular weight is 336 g/mol. The molecule has 2 aromatic rings. The molecule has 3 atom stereocenters. The Labute approximate surface area is 151 Å². The first kappa shape index (κ1) is 16.6. The van der Waals surface area contributed by atoms with Gasteiger partial charge in [-0.05, 0) is 36.0 Å². The van der Waals surface area contributed by atoms with E-state index < -0.39 is 0 Å². The van der Waals surface area contributed by atoms with E-state index in [1.54, 1.807) is 0 Å². The number of fused-ring (bicyclic) bond motifs is 1. The Balaban J connectivity index is 1.56. The maximum absolute atomic E-state index is 6.25. The van der Waals surface area contributed by atoms with Crippen LogP contribution >= 0.6 is 0 Å². The Morgan fingerprint density at radius 1 is 1.00 bits per heavy atom. The highest BCUT2D eigenvalue weighted by atomic mass is 16.5. The molecule has 2 aromatic carbocycles. The van der Waals surface area contributed by atoms with Gasteiger partial charge in [0.15, 0.2) is 0 Å². The summed E-state index contributed by atoms with van der Waals surface area (Å²) < 4.78 is 6.25. The first-order valence-electron chi connectivity index (χ1n) is 9.54. The topological polar surface area (TPSA) is 24.5 Å². The maximum atomic E-state index is 6.25. The molecule has 2 fully saturated rings. The summed E-state index contributed by atoms with van der Waals surface area (Å²) >= 11 is 0. The fraction of sp³-hybridized carbons (Fsp3) is 0.455. The molecule has 1 aliphatic carbocycles. The van der Waals surface area contributed by atoms with E-state index in [4.69, 9.17) is 4.74 Å². The third-order valence-electron chi connectivity index (χ3n) is 5.75. The van der Waals surface area contributed by atoms with Crippen molar-refractivity contribution in [2.45, 2.75) is 44.2 Å². The first-order chi connectivity index (χ1) is 12.3. The Morgan fingerprint density at radius 3 is 2.64 bits per heavy atom. The van der Waals surface area contributed by atoms with E-state index in [1.807, 2.05) is 6.07 Å². The molecule has 1 aliphatic heterocycles. The number of rotatable bonds is 4. The zero-order valence-electron chi connectivity index (χ0n) is 15.0. The van der Waals surface area contributed by atoms with Crippen LogP contribution in [0.5, 0.6) is 5.75 Å². The minimum absolute atomic E-state index is 0.545. The summed E-state index contributed by atoms with van der Waals surface area (Å²) in [5.74, 6) is 2.31. The Kier molecular flexibility index (Phi) is 5.04. The number of nitrogens with zero attached hydrogens (tertiary/aromatic N) is 1. The average Bonchev–Trinajstić information content (AvgIpc) is 2.67. The Hall–Kier alpha value is -1.84. The quantitative estimate of drug-likeness (QED) is 0.898. The largest absolute Gasteiger partial charge is 0.489 e. The molecular formula is C22H28N2O. The number of ether oxygens (including phenoxy) is 1. The van der Waals surface area contributed by atoms with Crippen LogP contribution in [-0.2, 0) is 6.61 Å². The van der Waals surface area contributed by atoms with Gasteiger partial charge >= 0.3 is 0 Å². The van der Waals surface area contributed by atoms with Gasteiger partial charge in [0.1, 0.15) is 12.4 Å². The van der Waals surface area contributed by atoms with Gasteiger partial charge < -0.3 is 4.74 Å². The summed E-state index contributed by atoms with van der Waals surface area (Å²) in [6.45, 7) is 1.68. The van der Waals surface area contributed by atoms with Gasteiger partial charge in [-0.15, -0.1) is 0 Å². The number of hydrogen-bond acceptors (Lipinski definition) is 3. The van der Waals surface area contributed by atoms with Gasteiger partial charge in [-0.3, -0.25) is 5.43 Å². The number of hydrogen-bond donors (Lipinski definition) is 1. The highest BCUT2D eigenvalue weighted by Crippen LogP contribution is 2.42. The SMILES string of the molecule is CN1C[C@H](c2ccccc2OCc2ccccc2)C2CCCCC2N1. The van der Waals surface area contributed by atoms with E-state index in [0.717, 1.165) is 12.3 Å². The molecule has 2 unspecified atom stereocenters. The Bertz CT molecular complexity index is 687. The van der Waals surface area contributed by atoms with E-state index in [1.165, 1.54) is 36.8 Å². The highest BCUT2D eigenvalue weighted by molar-refractivity contribution is 5.38. The lowest BCUT2D eigenvalue weighted by molar-refractivity contribution is 0.0520. The van der Waals surface area contributed by atoms with Crippen molar-refractivity contribution >= 4 is 0 Å². The van der Waals surface area contributed by atoms with Crippen molar-refractivity contribution in [3.8, 4) is 5.75 Å². The minimum Gasteiger partial charge on any atom is -0.489 e. The number of benzene rings is 2. The molecular weight excluding hydrogens is 308 g/mol. The summed E-state index contributed by atoms with van der Waals surface area (Å²) in [6.07, 6.45) is 5.32. The molecule has 0 amide bonds. The van der Waals surface area contributed by atoms with Crippen LogP contribution in [0, 0.1) is 5.92 Å². The molecule has 132 valence electrons. The summed E-state index contributed by atoms with van der Waals surface area (Å²) in [5.41, 5.74) is 6.28. The van der Waals surface area contributed by atoms with Gasteiger partial charge in [-0.2, -0.15) is 0 Å². The molecule has 1 heterocycles. The van der Waals surface area contributed by atoms with Crippen LogP contribution in [-0.4, -0.2) is 24.6 Å². The van der Waals surface area contributed by atoms with E-state index in [-0.39, 0.29) is 0 Å². The van der Waals surface area contributed by atoms with Gasteiger partial charge in [0.25, 0.3) is 0 Å². The van der Waals surface area contributed by atoms with Crippen LogP contribution in [0.25, 0.3) is 0 Å². The van der Waals surface area contributed by atoms with Crippen LogP contribution < -0.4 is 10.2 Å². The van der Waals surface area contributed by atoms with Crippen molar-refractivity contribution < 1.29 is 4.74 Å². The van der Waals surface area contributed by atoms with Crippen LogP contribution in [0.3, 0.4) is 0 Å². The lowest BCUT2D eigenvalue weighted by Crippen LogP contribution is -2.56. The second kappa shape index (κ2) is 7.59. The maximum Gasteiger partial charge on any atom is 0.123 e. The normalized spacial score (nSPS) is 26.8. The van der Waals surface area contributed by atoms with E-state index >= 15 is 0 Å². The van der Waals surface area contributed by atoms with Crippen LogP contribution in [0.4, 0.5) is 0 Å². The van der Waals surface area contributed by atoms with E-state index in [0.29, 0.717) is 24.5 Å². The fourth-order valence-electron chi connectivity index (χ4n) is 4.55. The van der Waals surface area contributed by atoms with Gasteiger partial charge in [0, 0.05) is 25.6 Å². The van der Waals surface area contributed by atoms with E-state index in [2.05, 4.69) is 66.0 Å². The molecule has 1 N–H and O–H groups in total. The van der Waals surface area contributed by atoms with Gasteiger partial charge in [0.2, 0.25) is 0 Å². The van der Waals surface area contributed by atoms with Crippen LogP contribution in [0.15, 0.2) is 54.6 Å². The zero-order valence-corrected chi connectivity index (χ0v) is 15.0. The second-order valence-electron chi connectivity index (χ2n) is 7.48. The summed E-state index contributed by atoms with van der Waals surface area (Å²) in [4.78, 5) is 0. The van der Waals surface area contributed by atoms with E-state index in [9.17, 15) is 0 Å². The predicted octanol–water partition coefficient (Wildman–Crippen LogP) is 4.36. The molecule has 3 heteroatoms. The van der Waals surface area contributed by atoms with Crippen LogP contribution in [0.1, 0.15) is 42.7 Å². The fourth-order valence-corrected chi connectivity index (χ4v) is 4.55. The third kappa shape index (κ3) is 3.73. The summed E-state index contributed by atoms with van der Waals surface area (Å²) in [7, 11) is 2.17. The number of para-hydroxylation sites is 1. The Morgan fingerprint density at radius 2 is 1.76 bits per heavy atom. The third-order valence-corrected chi connectivity index (χ3v) is 5.75. The van der Waals surface area contributed by atoms with Gasteiger partial charge in [-0.25, -0.2) is 5.01 Å². The summed E-state index contributed by atoms with van der Waals surface area (Å²) in [6, 6.07) is 19.7. The van der Waals surface area contributed by atoms with Crippen molar-refractivity contribution in [1.29, 1.82) is 0 Å². The minimum atomic E-state index is 0.545. The molecule has 25 heavy (non-hydrogen) atoms. The predicted molar refractivity (Wildman–Crippen MR) is 101 cm³/mol. The van der Waals surface area contributed by atoms with Crippen molar-refractivity contribution in [1.82, 2.24) is 10.4 Å². The number of likely N-dealkylation sites (N-methyl/N-ethyl adjacent to an activating group) is 1. The smallest absolute Gasteiger partial charge is 0.123 e. The molecule has 4 rings (SSSR count). The van der Waals surface area contributed by atoms with Crippen molar-refractivity contribution in [2.75, 3.05) is 13.6 Å². The monoisotopic (exact) mass is 336 g/mol. The summed E-state index contributed by atoms with van der Waals surface area (Å²) in [5, 5.41) is 2.28. The van der Waals surface area contributed by atoms with Gasteiger partial charge in [-0.1, -0.05) is 61.4 Å². The zero-order chi connectivity index (χ0) is 17.1. The molecule has 0 aromatic heterocycles. The van der Waals surface area contributed by atoms with Crippen molar-refractivity contribution in [3.63, 3.8) is 0 Å². The molecule has 0 spiro atoms. The van der Waals surface area contributed by atoms with Crippen molar-refractivity contribution in [2.24, 2.45) is 5.92 Å². The van der Waals surface area contributed by atoms with Gasteiger partial charge in [0.05, 0.1) is 0 Å². The number of nitrogens with one attached hydrogen (secondary N) is 1. The molecule has 0 bridgehead atoms. The molecule has 1 saturated carbocycles. The molecule has 1 saturated heterocycles. The standard InChI is InChI=1S/C22H28N2O/c1-24-15-20(18-11-5-7-13-21(18)23-24)19-12-6-8-14-22(19)25-16-17-9-3-2-4-10-17/h2-4,6,8-10,12,14,18,20-21,23H,5,7,11,13,15-16H2,1H3/t18?,20-,21?/m0/s1. The highest BCUT2D eigenvalue weighted by Gasteiger charge is 2.38. The molecule has 2 aliphatic rings. The van der Waals surface area contributed by atoms with Crippen LogP contribution in [0.2, 0.25) is 0 Å².